The molecule has 0 aliphatic rings. The third-order valence-corrected chi connectivity index (χ3v) is 0. The molecule has 0 spiro atoms. The molecule has 0 saturated heterocycles. The van der Waals surface area contributed by atoms with Crippen LogP contribution in [0.5, 0.6) is 0 Å². The summed E-state index contributed by atoms with van der Waals surface area (Å²) in [5.74, 6) is 0. The van der Waals surface area contributed by atoms with E-state index in [-0.39, 0.29) is 75.7 Å². The van der Waals surface area contributed by atoms with Gasteiger partial charge in [-0.2, -0.15) is 0 Å². The van der Waals surface area contributed by atoms with Crippen molar-refractivity contribution in [2.75, 3.05) is 0 Å². The Labute approximate surface area is 74.3 Å². The summed E-state index contributed by atoms with van der Waals surface area (Å²) in [4.78, 5) is 0. The van der Waals surface area contributed by atoms with Gasteiger partial charge in [0.05, 0.1) is 0 Å². The molecule has 0 fully saturated rings. The Morgan fingerprint density at radius 1 is 0.750 bits per heavy atom. The van der Waals surface area contributed by atoms with E-state index in [1.165, 1.54) is 0 Å². The molecule has 0 aromatic carbocycles. The average Bonchev–Trinajstić information content (AvgIpc) is 0. The van der Waals surface area contributed by atoms with Crippen molar-refractivity contribution < 1.29 is 9.41 Å². The Bertz CT molecular complexity index is 6.00. The van der Waals surface area contributed by atoms with Crippen molar-refractivity contribution in [2.45, 2.75) is 0 Å². The number of halogens is 2. The topological polar surface area (TPSA) is 0 Å². The van der Waals surface area contributed by atoms with Gasteiger partial charge in [-0.1, -0.05) is 0 Å². The van der Waals surface area contributed by atoms with Gasteiger partial charge in [0.2, 0.25) is 0 Å². The molecule has 0 radical (unpaired) electrons. The molecule has 0 aromatic heterocycles. The summed E-state index contributed by atoms with van der Waals surface area (Å²) in [6.45, 7) is 0. The molecule has 0 amide bonds. The molecule has 0 nitrogen and oxygen atoms in total. The van der Waals surface area contributed by atoms with Gasteiger partial charge in [-0.25, -0.2) is 0 Å². The normalized spacial score (nSPS) is 0. The third kappa shape index (κ3) is 9.03. The predicted molar refractivity (Wildman–Crippen MR) is 15.7 cm³/mol. The standard InChI is InChI=1S/Al.Ba.2FH.3H/h;;2*1H;;;/q;+2;;;;;/p-2. The SMILES string of the molecule is [AlH3].[Ba+2].[F-].[F-]. The first-order valence-corrected chi connectivity index (χ1v) is 0. The van der Waals surface area contributed by atoms with Gasteiger partial charge in [-0.15, -0.1) is 0 Å². The summed E-state index contributed by atoms with van der Waals surface area (Å²) in [6.07, 6.45) is 0. The number of hydrogen-bond acceptors (Lipinski definition) is 0. The smallest absolute Gasteiger partial charge is 1.00 e. The summed E-state index contributed by atoms with van der Waals surface area (Å²) in [7, 11) is 0. The van der Waals surface area contributed by atoms with E-state index in [9.17, 15) is 0 Å². The van der Waals surface area contributed by atoms with Gasteiger partial charge >= 0.3 is 48.9 Å². The van der Waals surface area contributed by atoms with E-state index < -0.39 is 0 Å². The van der Waals surface area contributed by atoms with Crippen LogP contribution in [0.3, 0.4) is 0 Å². The molecule has 4 heavy (non-hydrogen) atoms. The summed E-state index contributed by atoms with van der Waals surface area (Å²) >= 11 is 0. The molecule has 4 heteroatoms. The zero-order valence-corrected chi connectivity index (χ0v) is 5.90. The molecule has 0 rings (SSSR count). The minimum atomic E-state index is 0. The molecule has 0 saturated carbocycles. The second-order valence-corrected chi connectivity index (χ2v) is 0. The van der Waals surface area contributed by atoms with Crippen molar-refractivity contribution in [2.24, 2.45) is 0 Å². The molecular formula is H3AlBaF2. The number of hydrogen-bond donors (Lipinski definition) is 0. The summed E-state index contributed by atoms with van der Waals surface area (Å²) < 4.78 is 0. The van der Waals surface area contributed by atoms with Crippen LogP contribution in [0, 0.1) is 0 Å². The maximum Gasteiger partial charge on any atom is 2.00 e. The van der Waals surface area contributed by atoms with Crippen LogP contribution in [0.25, 0.3) is 0 Å². The predicted octanol–water partition coefficient (Wildman–Crippen LogP) is -7.56. The van der Waals surface area contributed by atoms with Crippen LogP contribution in [0.4, 0.5) is 0 Å². The summed E-state index contributed by atoms with van der Waals surface area (Å²) in [5, 5.41) is 0. The first-order valence-electron chi connectivity index (χ1n) is 0. The zero-order valence-electron chi connectivity index (χ0n) is 1.46. The Morgan fingerprint density at radius 3 is 0.750 bits per heavy atom. The van der Waals surface area contributed by atoms with Crippen molar-refractivity contribution >= 4 is 66.2 Å². The Morgan fingerprint density at radius 2 is 0.750 bits per heavy atom. The fourth-order valence-corrected chi connectivity index (χ4v) is 0. The molecule has 0 heterocycles. The molecule has 0 aromatic rings. The van der Waals surface area contributed by atoms with Gasteiger partial charge in [0.15, 0.2) is 17.4 Å². The Kier molecular flexibility index (Phi) is 193. The molecule has 0 aliphatic carbocycles. The zero-order chi connectivity index (χ0) is 0. The first kappa shape index (κ1) is 38.1. The van der Waals surface area contributed by atoms with Gasteiger partial charge in [0, 0.05) is 0 Å². The third-order valence-electron chi connectivity index (χ3n) is 0. The van der Waals surface area contributed by atoms with Crippen LogP contribution in [0.2, 0.25) is 0 Å². The second-order valence-electron chi connectivity index (χ2n) is 0. The van der Waals surface area contributed by atoms with Crippen LogP contribution in [0.1, 0.15) is 0 Å². The van der Waals surface area contributed by atoms with Crippen LogP contribution in [-0.4, -0.2) is 66.2 Å². The fraction of sp³-hybridized carbons (Fsp3) is 0. The first-order chi connectivity index (χ1) is 0. The Hall–Kier alpha value is 1.96. The van der Waals surface area contributed by atoms with E-state index in [2.05, 4.69) is 0 Å². The fourth-order valence-electron chi connectivity index (χ4n) is 0. The monoisotopic (exact) mass is 206 g/mol. The van der Waals surface area contributed by atoms with E-state index in [4.69, 9.17) is 0 Å². The molecule has 0 bridgehead atoms. The van der Waals surface area contributed by atoms with Crippen LogP contribution in [-0.2, 0) is 0 Å². The molecular weight excluding hydrogens is 202 g/mol. The van der Waals surface area contributed by atoms with E-state index in [0.29, 0.717) is 0 Å². The molecule has 0 atom stereocenters. The number of rotatable bonds is 0. The van der Waals surface area contributed by atoms with Crippen molar-refractivity contribution in [3.05, 3.63) is 0 Å². The minimum absolute atomic E-state index is 0. The van der Waals surface area contributed by atoms with E-state index in [1.54, 1.807) is 0 Å². The summed E-state index contributed by atoms with van der Waals surface area (Å²) in [6, 6.07) is 0. The van der Waals surface area contributed by atoms with Gasteiger partial charge in [0.25, 0.3) is 0 Å². The molecule has 22 valence electrons. The maximum absolute atomic E-state index is 0. The second kappa shape index (κ2) is 20.2. The quantitative estimate of drug-likeness (QED) is 0.345. The average molecular weight is 205 g/mol. The van der Waals surface area contributed by atoms with Crippen LogP contribution < -0.4 is 9.41 Å². The van der Waals surface area contributed by atoms with Crippen molar-refractivity contribution in [3.63, 3.8) is 0 Å². The van der Waals surface area contributed by atoms with Gasteiger partial charge in [-0.3, -0.25) is 0 Å². The largest absolute Gasteiger partial charge is 2.00 e. The minimum Gasteiger partial charge on any atom is -1.00 e. The van der Waals surface area contributed by atoms with Gasteiger partial charge < -0.3 is 9.41 Å². The van der Waals surface area contributed by atoms with Crippen molar-refractivity contribution in [1.29, 1.82) is 0 Å². The van der Waals surface area contributed by atoms with Crippen LogP contribution in [0.15, 0.2) is 0 Å². The van der Waals surface area contributed by atoms with Gasteiger partial charge in [-0.05, 0) is 0 Å². The Balaban J connectivity index is 0. The molecule has 0 unspecified atom stereocenters. The summed E-state index contributed by atoms with van der Waals surface area (Å²) in [5.41, 5.74) is 0. The van der Waals surface area contributed by atoms with Crippen molar-refractivity contribution in [3.8, 4) is 0 Å². The van der Waals surface area contributed by atoms with E-state index >= 15 is 0 Å². The maximum atomic E-state index is 0. The van der Waals surface area contributed by atoms with Crippen molar-refractivity contribution in [1.82, 2.24) is 0 Å². The molecule has 0 aliphatic heterocycles. The molecule has 0 N–H and O–H groups in total. The van der Waals surface area contributed by atoms with Gasteiger partial charge in [0.1, 0.15) is 0 Å². The van der Waals surface area contributed by atoms with E-state index in [1.807, 2.05) is 0 Å². The van der Waals surface area contributed by atoms with E-state index in [0.717, 1.165) is 0 Å². The van der Waals surface area contributed by atoms with Crippen LogP contribution >= 0.6 is 0 Å².